The molecule has 0 radical (unpaired) electrons. The molecule has 5 heteroatoms. The largest absolute Gasteiger partial charge is 0.294 e. The van der Waals surface area contributed by atoms with E-state index in [4.69, 9.17) is 0 Å². The molecule has 0 N–H and O–H groups in total. The van der Waals surface area contributed by atoms with Gasteiger partial charge in [0, 0.05) is 4.88 Å². The van der Waals surface area contributed by atoms with Gasteiger partial charge in [0.2, 0.25) is 0 Å². The number of aromatic nitrogens is 2. The lowest BCUT2D eigenvalue weighted by Gasteiger charge is -2.06. The van der Waals surface area contributed by atoms with Crippen LogP contribution in [0.25, 0.3) is 20.7 Å². The van der Waals surface area contributed by atoms with E-state index in [-0.39, 0.29) is 11.4 Å². The zero-order valence-corrected chi connectivity index (χ0v) is 14.4. The topological polar surface area (TPSA) is 34.9 Å². The average Bonchev–Trinajstić information content (AvgIpc) is 2.96. The maximum absolute atomic E-state index is 13.4. The van der Waals surface area contributed by atoms with Gasteiger partial charge in [-0.25, -0.2) is 9.37 Å². The number of halogens is 1. The minimum atomic E-state index is -0.308. The standard InChI is InChI=1S/C20H15FN2OS/c1-13-17-19(25-18(13)15-7-3-2-4-8-15)22-12-23(20(17)24)11-14-6-5-9-16(21)10-14/h2-10,12H,11H2,1H3. The van der Waals surface area contributed by atoms with E-state index in [2.05, 4.69) is 4.98 Å². The fourth-order valence-corrected chi connectivity index (χ4v) is 4.11. The van der Waals surface area contributed by atoms with E-state index in [9.17, 15) is 9.18 Å². The van der Waals surface area contributed by atoms with E-state index in [1.807, 2.05) is 37.3 Å². The third-order valence-electron chi connectivity index (χ3n) is 4.20. The molecular weight excluding hydrogens is 335 g/mol. The molecule has 0 spiro atoms. The molecule has 2 heterocycles. The maximum atomic E-state index is 13.4. The number of nitrogens with zero attached hydrogens (tertiary/aromatic N) is 2. The van der Waals surface area contributed by atoms with Crippen molar-refractivity contribution in [3.63, 3.8) is 0 Å². The first-order valence-corrected chi connectivity index (χ1v) is 8.73. The Morgan fingerprint density at radius 3 is 2.68 bits per heavy atom. The molecule has 4 rings (SSSR count). The van der Waals surface area contributed by atoms with Crippen LogP contribution in [-0.2, 0) is 6.54 Å². The van der Waals surface area contributed by atoms with Crippen LogP contribution in [0.4, 0.5) is 4.39 Å². The number of hydrogen-bond acceptors (Lipinski definition) is 3. The molecule has 0 saturated carbocycles. The molecule has 0 bridgehead atoms. The average molecular weight is 350 g/mol. The first kappa shape index (κ1) is 15.7. The summed E-state index contributed by atoms with van der Waals surface area (Å²) in [6.45, 7) is 2.26. The Bertz CT molecular complexity index is 1120. The molecule has 2 aromatic heterocycles. The summed E-state index contributed by atoms with van der Waals surface area (Å²) in [5.41, 5.74) is 2.67. The van der Waals surface area contributed by atoms with E-state index in [0.717, 1.165) is 26.4 Å². The molecule has 2 aromatic carbocycles. The molecule has 124 valence electrons. The Morgan fingerprint density at radius 1 is 1.12 bits per heavy atom. The molecule has 0 aliphatic rings. The Kier molecular flexibility index (Phi) is 3.93. The van der Waals surface area contributed by atoms with E-state index in [0.29, 0.717) is 11.9 Å². The van der Waals surface area contributed by atoms with Crippen LogP contribution in [-0.4, -0.2) is 9.55 Å². The van der Waals surface area contributed by atoms with Crippen LogP contribution < -0.4 is 5.56 Å². The molecule has 25 heavy (non-hydrogen) atoms. The molecule has 4 aromatic rings. The van der Waals surface area contributed by atoms with Crippen LogP contribution in [0, 0.1) is 12.7 Å². The van der Waals surface area contributed by atoms with Crippen molar-refractivity contribution in [3.8, 4) is 10.4 Å². The van der Waals surface area contributed by atoms with Crippen LogP contribution in [0.2, 0.25) is 0 Å². The van der Waals surface area contributed by atoms with Gasteiger partial charge in [0.25, 0.3) is 5.56 Å². The summed E-state index contributed by atoms with van der Waals surface area (Å²) >= 11 is 1.52. The summed E-state index contributed by atoms with van der Waals surface area (Å²) in [5.74, 6) is -0.308. The van der Waals surface area contributed by atoms with E-state index >= 15 is 0 Å². The van der Waals surface area contributed by atoms with Crippen molar-refractivity contribution in [2.45, 2.75) is 13.5 Å². The van der Waals surface area contributed by atoms with Crippen molar-refractivity contribution in [3.05, 3.63) is 88.2 Å². The number of thiophene rings is 1. The van der Waals surface area contributed by atoms with Gasteiger partial charge in [-0.15, -0.1) is 11.3 Å². The lowest BCUT2D eigenvalue weighted by atomic mass is 10.1. The number of benzene rings is 2. The molecule has 0 aliphatic heterocycles. The summed E-state index contributed by atoms with van der Waals surface area (Å²) in [5, 5.41) is 0.641. The van der Waals surface area contributed by atoms with Crippen LogP contribution >= 0.6 is 11.3 Å². The fourth-order valence-electron chi connectivity index (χ4n) is 2.97. The predicted molar refractivity (Wildman–Crippen MR) is 99.6 cm³/mol. The number of aryl methyl sites for hydroxylation is 1. The third-order valence-corrected chi connectivity index (χ3v) is 5.44. The Balaban J connectivity index is 1.83. The molecule has 0 unspecified atom stereocenters. The predicted octanol–water partition coefficient (Wildman–Crippen LogP) is 4.62. The zero-order chi connectivity index (χ0) is 17.4. The second kappa shape index (κ2) is 6.26. The van der Waals surface area contributed by atoms with Crippen LogP contribution in [0.1, 0.15) is 11.1 Å². The highest BCUT2D eigenvalue weighted by Crippen LogP contribution is 2.35. The van der Waals surface area contributed by atoms with Gasteiger partial charge < -0.3 is 0 Å². The number of hydrogen-bond donors (Lipinski definition) is 0. The summed E-state index contributed by atoms with van der Waals surface area (Å²) in [6.07, 6.45) is 1.54. The highest BCUT2D eigenvalue weighted by molar-refractivity contribution is 7.22. The maximum Gasteiger partial charge on any atom is 0.262 e. The van der Waals surface area contributed by atoms with E-state index in [1.54, 1.807) is 18.5 Å². The Morgan fingerprint density at radius 2 is 1.92 bits per heavy atom. The van der Waals surface area contributed by atoms with Gasteiger partial charge in [-0.05, 0) is 35.7 Å². The summed E-state index contributed by atoms with van der Waals surface area (Å²) in [4.78, 5) is 19.2. The first-order valence-electron chi connectivity index (χ1n) is 7.92. The lowest BCUT2D eigenvalue weighted by molar-refractivity contribution is 0.622. The van der Waals surface area contributed by atoms with Gasteiger partial charge in [0.05, 0.1) is 18.3 Å². The van der Waals surface area contributed by atoms with E-state index in [1.165, 1.54) is 28.0 Å². The lowest BCUT2D eigenvalue weighted by Crippen LogP contribution is -2.21. The molecule has 0 amide bonds. The van der Waals surface area contributed by atoms with Crippen molar-refractivity contribution in [1.29, 1.82) is 0 Å². The summed E-state index contributed by atoms with van der Waals surface area (Å²) in [7, 11) is 0. The summed E-state index contributed by atoms with van der Waals surface area (Å²) in [6, 6.07) is 16.3. The van der Waals surface area contributed by atoms with Crippen LogP contribution in [0.15, 0.2) is 65.7 Å². The van der Waals surface area contributed by atoms with Gasteiger partial charge in [0.15, 0.2) is 0 Å². The first-order chi connectivity index (χ1) is 12.1. The highest BCUT2D eigenvalue weighted by atomic mass is 32.1. The third kappa shape index (κ3) is 2.87. The molecular formula is C20H15FN2OS. The summed E-state index contributed by atoms with van der Waals surface area (Å²) < 4.78 is 14.9. The monoisotopic (exact) mass is 350 g/mol. The van der Waals surface area contributed by atoms with Crippen LogP contribution in [0.5, 0.6) is 0 Å². The Labute approximate surface area is 148 Å². The molecule has 0 saturated heterocycles. The van der Waals surface area contributed by atoms with Crippen molar-refractivity contribution in [1.82, 2.24) is 9.55 Å². The second-order valence-corrected chi connectivity index (χ2v) is 6.91. The van der Waals surface area contributed by atoms with Gasteiger partial charge in [-0.1, -0.05) is 42.5 Å². The molecule has 3 nitrogen and oxygen atoms in total. The van der Waals surface area contributed by atoms with Gasteiger partial charge in [-0.3, -0.25) is 9.36 Å². The SMILES string of the molecule is Cc1c(-c2ccccc2)sc2ncn(Cc3cccc(F)c3)c(=O)c12. The van der Waals surface area contributed by atoms with E-state index < -0.39 is 0 Å². The Hall–Kier alpha value is -2.79. The fraction of sp³-hybridized carbons (Fsp3) is 0.100. The van der Waals surface area contributed by atoms with Gasteiger partial charge >= 0.3 is 0 Å². The van der Waals surface area contributed by atoms with Gasteiger partial charge in [-0.2, -0.15) is 0 Å². The molecule has 0 aliphatic carbocycles. The minimum Gasteiger partial charge on any atom is -0.294 e. The normalized spacial score (nSPS) is 11.1. The minimum absolute atomic E-state index is 0.0924. The quantitative estimate of drug-likeness (QED) is 0.540. The van der Waals surface area contributed by atoms with Crippen molar-refractivity contribution in [2.24, 2.45) is 0 Å². The zero-order valence-electron chi connectivity index (χ0n) is 13.6. The van der Waals surface area contributed by atoms with Crippen molar-refractivity contribution < 1.29 is 4.39 Å². The van der Waals surface area contributed by atoms with Gasteiger partial charge in [0.1, 0.15) is 10.6 Å². The number of rotatable bonds is 3. The molecule has 0 fully saturated rings. The van der Waals surface area contributed by atoms with Crippen molar-refractivity contribution >= 4 is 21.6 Å². The van der Waals surface area contributed by atoms with Crippen LogP contribution in [0.3, 0.4) is 0 Å². The number of fused-ring (bicyclic) bond motifs is 1. The van der Waals surface area contributed by atoms with Crippen molar-refractivity contribution in [2.75, 3.05) is 0 Å². The smallest absolute Gasteiger partial charge is 0.262 e. The second-order valence-electron chi connectivity index (χ2n) is 5.91. The molecule has 0 atom stereocenters. The highest BCUT2D eigenvalue weighted by Gasteiger charge is 2.15.